The summed E-state index contributed by atoms with van der Waals surface area (Å²) in [6.45, 7) is 4.11. The van der Waals surface area contributed by atoms with Gasteiger partial charge in [0.25, 0.3) is 0 Å². The SMILES string of the molecule is Cc1ccc(-c2nnc3ccc(Cl)nn23)c(C)c1. The fourth-order valence-corrected chi connectivity index (χ4v) is 2.14. The summed E-state index contributed by atoms with van der Waals surface area (Å²) in [5.74, 6) is 0.713. The molecule has 0 radical (unpaired) electrons. The zero-order valence-corrected chi connectivity index (χ0v) is 10.8. The molecule has 3 rings (SSSR count). The van der Waals surface area contributed by atoms with Crippen LogP contribution in [0.3, 0.4) is 0 Å². The van der Waals surface area contributed by atoms with Crippen LogP contribution in [0.4, 0.5) is 0 Å². The summed E-state index contributed by atoms with van der Waals surface area (Å²) in [7, 11) is 0. The van der Waals surface area contributed by atoms with Gasteiger partial charge in [-0.1, -0.05) is 35.4 Å². The highest BCUT2D eigenvalue weighted by atomic mass is 35.5. The molecule has 0 amide bonds. The molecule has 90 valence electrons. The molecule has 4 nitrogen and oxygen atoms in total. The quantitative estimate of drug-likeness (QED) is 0.674. The number of rotatable bonds is 1. The van der Waals surface area contributed by atoms with Gasteiger partial charge in [0, 0.05) is 5.56 Å². The summed E-state index contributed by atoms with van der Waals surface area (Å²) in [5.41, 5.74) is 4.07. The summed E-state index contributed by atoms with van der Waals surface area (Å²) in [6.07, 6.45) is 0. The molecule has 0 fully saturated rings. The van der Waals surface area contributed by atoms with Crippen molar-refractivity contribution in [3.63, 3.8) is 0 Å². The molecule has 0 N–H and O–H groups in total. The lowest BCUT2D eigenvalue weighted by molar-refractivity contribution is 0.935. The Bertz CT molecular complexity index is 733. The molecule has 0 unspecified atom stereocenters. The summed E-state index contributed by atoms with van der Waals surface area (Å²) in [6, 6.07) is 9.70. The molecule has 0 spiro atoms. The number of hydrogen-bond donors (Lipinski definition) is 0. The van der Waals surface area contributed by atoms with Crippen LogP contribution in [-0.2, 0) is 0 Å². The first-order chi connectivity index (χ1) is 8.65. The van der Waals surface area contributed by atoms with Crippen molar-refractivity contribution in [2.45, 2.75) is 13.8 Å². The van der Waals surface area contributed by atoms with Crippen molar-refractivity contribution in [2.24, 2.45) is 0 Å². The predicted octanol–water partition coefficient (Wildman–Crippen LogP) is 3.06. The third kappa shape index (κ3) is 1.75. The molecule has 0 saturated carbocycles. The van der Waals surface area contributed by atoms with Crippen molar-refractivity contribution < 1.29 is 0 Å². The van der Waals surface area contributed by atoms with Crippen LogP contribution >= 0.6 is 11.6 Å². The Morgan fingerprint density at radius 3 is 2.67 bits per heavy atom. The van der Waals surface area contributed by atoms with Crippen molar-refractivity contribution >= 4 is 17.2 Å². The van der Waals surface area contributed by atoms with Crippen molar-refractivity contribution in [1.82, 2.24) is 19.8 Å². The Balaban J connectivity index is 2.28. The number of hydrogen-bond acceptors (Lipinski definition) is 3. The van der Waals surface area contributed by atoms with Crippen LogP contribution in [0.5, 0.6) is 0 Å². The minimum absolute atomic E-state index is 0.424. The van der Waals surface area contributed by atoms with Crippen LogP contribution in [-0.4, -0.2) is 19.8 Å². The first kappa shape index (κ1) is 11.2. The maximum atomic E-state index is 5.91. The average Bonchev–Trinajstić information content (AvgIpc) is 2.72. The van der Waals surface area contributed by atoms with Gasteiger partial charge in [0.05, 0.1) is 0 Å². The molecule has 0 saturated heterocycles. The maximum Gasteiger partial charge on any atom is 0.185 e. The van der Waals surface area contributed by atoms with Crippen LogP contribution in [0.1, 0.15) is 11.1 Å². The van der Waals surface area contributed by atoms with Gasteiger partial charge in [-0.25, -0.2) is 0 Å². The number of halogens is 1. The van der Waals surface area contributed by atoms with Crippen molar-refractivity contribution in [3.05, 3.63) is 46.6 Å². The van der Waals surface area contributed by atoms with E-state index in [1.807, 2.05) is 19.1 Å². The fraction of sp³-hybridized carbons (Fsp3) is 0.154. The van der Waals surface area contributed by atoms with Crippen LogP contribution < -0.4 is 0 Å². The number of nitrogens with zero attached hydrogens (tertiary/aromatic N) is 4. The van der Waals surface area contributed by atoms with Crippen LogP contribution in [0, 0.1) is 13.8 Å². The van der Waals surface area contributed by atoms with E-state index in [1.54, 1.807) is 16.6 Å². The summed E-state index contributed by atoms with van der Waals surface area (Å²) < 4.78 is 1.67. The van der Waals surface area contributed by atoms with E-state index in [-0.39, 0.29) is 0 Å². The minimum Gasteiger partial charge on any atom is -0.191 e. The molecular weight excluding hydrogens is 248 g/mol. The third-order valence-corrected chi connectivity index (χ3v) is 3.05. The van der Waals surface area contributed by atoms with Gasteiger partial charge in [-0.15, -0.1) is 10.2 Å². The Morgan fingerprint density at radius 2 is 1.89 bits per heavy atom. The first-order valence-electron chi connectivity index (χ1n) is 5.61. The Morgan fingerprint density at radius 1 is 1.06 bits per heavy atom. The second kappa shape index (κ2) is 4.07. The lowest BCUT2D eigenvalue weighted by Gasteiger charge is -2.04. The van der Waals surface area contributed by atoms with Gasteiger partial charge in [-0.05, 0) is 31.5 Å². The second-order valence-electron chi connectivity index (χ2n) is 4.27. The standard InChI is InChI=1S/C13H11ClN4/c1-8-3-4-10(9(2)7-8)13-16-15-12-6-5-11(14)17-18(12)13/h3-7H,1-2H3. The molecule has 3 aromatic rings. The zero-order chi connectivity index (χ0) is 12.7. The number of benzene rings is 1. The summed E-state index contributed by atoms with van der Waals surface area (Å²) in [4.78, 5) is 0. The molecule has 0 aliphatic heterocycles. The molecule has 2 aromatic heterocycles. The van der Waals surface area contributed by atoms with Crippen molar-refractivity contribution in [2.75, 3.05) is 0 Å². The van der Waals surface area contributed by atoms with E-state index in [4.69, 9.17) is 11.6 Å². The van der Waals surface area contributed by atoms with Gasteiger partial charge in [0.15, 0.2) is 11.5 Å². The molecule has 2 heterocycles. The average molecular weight is 259 g/mol. The molecule has 5 heteroatoms. The largest absolute Gasteiger partial charge is 0.191 e. The van der Waals surface area contributed by atoms with E-state index in [9.17, 15) is 0 Å². The monoisotopic (exact) mass is 258 g/mol. The predicted molar refractivity (Wildman–Crippen MR) is 70.7 cm³/mol. The minimum atomic E-state index is 0.424. The van der Waals surface area contributed by atoms with E-state index in [0.717, 1.165) is 11.1 Å². The fourth-order valence-electron chi connectivity index (χ4n) is 2.00. The molecular formula is C13H11ClN4. The zero-order valence-electron chi connectivity index (χ0n) is 10.1. The lowest BCUT2D eigenvalue weighted by Crippen LogP contribution is -1.96. The van der Waals surface area contributed by atoms with Crippen LogP contribution in [0.2, 0.25) is 5.15 Å². The van der Waals surface area contributed by atoms with E-state index >= 15 is 0 Å². The van der Waals surface area contributed by atoms with Crippen molar-refractivity contribution in [3.8, 4) is 11.4 Å². The van der Waals surface area contributed by atoms with Gasteiger partial charge < -0.3 is 0 Å². The molecule has 0 aliphatic rings. The van der Waals surface area contributed by atoms with Crippen molar-refractivity contribution in [1.29, 1.82) is 0 Å². The highest BCUT2D eigenvalue weighted by Gasteiger charge is 2.11. The van der Waals surface area contributed by atoms with E-state index < -0.39 is 0 Å². The topological polar surface area (TPSA) is 43.1 Å². The Hall–Kier alpha value is -1.94. The number of aryl methyl sites for hydroxylation is 2. The van der Waals surface area contributed by atoms with Gasteiger partial charge in [0.2, 0.25) is 0 Å². The maximum absolute atomic E-state index is 5.91. The molecule has 0 atom stereocenters. The van der Waals surface area contributed by atoms with E-state index in [2.05, 4.69) is 28.3 Å². The summed E-state index contributed by atoms with van der Waals surface area (Å²) in [5, 5.41) is 12.9. The van der Waals surface area contributed by atoms with Gasteiger partial charge in [0.1, 0.15) is 5.15 Å². The normalized spacial score (nSPS) is 11.1. The van der Waals surface area contributed by atoms with Crippen LogP contribution in [0.15, 0.2) is 30.3 Å². The van der Waals surface area contributed by atoms with Gasteiger partial charge in [-0.3, -0.25) is 0 Å². The Kier molecular flexibility index (Phi) is 2.52. The molecule has 18 heavy (non-hydrogen) atoms. The highest BCUT2D eigenvalue weighted by Crippen LogP contribution is 2.23. The molecule has 1 aromatic carbocycles. The van der Waals surface area contributed by atoms with E-state index in [1.165, 1.54) is 5.56 Å². The summed E-state index contributed by atoms with van der Waals surface area (Å²) >= 11 is 5.91. The highest BCUT2D eigenvalue weighted by molar-refractivity contribution is 6.29. The van der Waals surface area contributed by atoms with E-state index in [0.29, 0.717) is 16.6 Å². The van der Waals surface area contributed by atoms with Gasteiger partial charge in [-0.2, -0.15) is 9.61 Å². The number of aromatic nitrogens is 4. The molecule has 0 bridgehead atoms. The van der Waals surface area contributed by atoms with Crippen LogP contribution in [0.25, 0.3) is 17.0 Å². The Labute approximate surface area is 109 Å². The second-order valence-corrected chi connectivity index (χ2v) is 4.66. The van der Waals surface area contributed by atoms with Gasteiger partial charge >= 0.3 is 0 Å². The number of fused-ring (bicyclic) bond motifs is 1. The smallest absolute Gasteiger partial charge is 0.185 e. The first-order valence-corrected chi connectivity index (χ1v) is 5.98. The molecule has 0 aliphatic carbocycles. The lowest BCUT2D eigenvalue weighted by atomic mass is 10.1. The third-order valence-electron chi connectivity index (χ3n) is 2.85.